The summed E-state index contributed by atoms with van der Waals surface area (Å²) in [5.41, 5.74) is -0.357. The van der Waals surface area contributed by atoms with Gasteiger partial charge in [-0.25, -0.2) is 4.79 Å². The molecule has 0 spiro atoms. The van der Waals surface area contributed by atoms with Crippen molar-refractivity contribution in [3.8, 4) is 0 Å². The molecular formula is C14H18N2O4. The molecule has 2 heterocycles. The van der Waals surface area contributed by atoms with E-state index in [-0.39, 0.29) is 30.1 Å². The zero-order chi connectivity index (χ0) is 14.3. The second-order valence-electron chi connectivity index (χ2n) is 5.50. The van der Waals surface area contributed by atoms with E-state index in [2.05, 4.69) is 17.1 Å². The molecule has 20 heavy (non-hydrogen) atoms. The standard InChI is InChI=1S/C14H18N2O4/c1-8-6-16(14(19)15-12(8)18)13-10-5-3-2-4-9(10)11(7-17)20-13/h2-3,6,9-11,13,17H,4-5,7H2,1H3,(H,15,18,19)/t9-,10+,11+,13+/m1/s1. The molecular weight excluding hydrogens is 260 g/mol. The minimum Gasteiger partial charge on any atom is -0.394 e. The Morgan fingerprint density at radius 1 is 1.35 bits per heavy atom. The van der Waals surface area contributed by atoms with E-state index >= 15 is 0 Å². The number of nitrogens with one attached hydrogen (secondary N) is 1. The molecule has 0 unspecified atom stereocenters. The SMILES string of the molecule is Cc1cn([C@H]2O[C@@H](CO)[C@@H]3CC=CC[C@@H]32)c(=O)[nH]c1=O. The van der Waals surface area contributed by atoms with E-state index in [4.69, 9.17) is 4.74 Å². The molecule has 4 atom stereocenters. The van der Waals surface area contributed by atoms with E-state index in [9.17, 15) is 14.7 Å². The van der Waals surface area contributed by atoms with Crippen LogP contribution in [0.3, 0.4) is 0 Å². The zero-order valence-corrected chi connectivity index (χ0v) is 11.3. The zero-order valence-electron chi connectivity index (χ0n) is 11.3. The average molecular weight is 278 g/mol. The predicted molar refractivity (Wildman–Crippen MR) is 72.4 cm³/mol. The maximum absolute atomic E-state index is 12.0. The topological polar surface area (TPSA) is 84.3 Å². The number of ether oxygens (including phenoxy) is 1. The predicted octanol–water partition coefficient (Wildman–Crippen LogP) is 0.317. The molecule has 1 fully saturated rings. The quantitative estimate of drug-likeness (QED) is 0.763. The van der Waals surface area contributed by atoms with Gasteiger partial charge in [0.15, 0.2) is 0 Å². The van der Waals surface area contributed by atoms with Crippen LogP contribution in [-0.2, 0) is 4.74 Å². The van der Waals surface area contributed by atoms with Gasteiger partial charge in [-0.2, -0.15) is 0 Å². The van der Waals surface area contributed by atoms with Gasteiger partial charge >= 0.3 is 5.69 Å². The van der Waals surface area contributed by atoms with Crippen LogP contribution < -0.4 is 11.2 Å². The van der Waals surface area contributed by atoms with Crippen molar-refractivity contribution >= 4 is 0 Å². The molecule has 0 saturated carbocycles. The van der Waals surface area contributed by atoms with E-state index in [1.54, 1.807) is 13.1 Å². The molecule has 3 rings (SSSR count). The number of aliphatic hydroxyl groups excluding tert-OH is 1. The van der Waals surface area contributed by atoms with Gasteiger partial charge in [0.25, 0.3) is 5.56 Å². The van der Waals surface area contributed by atoms with Gasteiger partial charge in [-0.1, -0.05) is 12.2 Å². The number of aliphatic hydroxyl groups is 1. The van der Waals surface area contributed by atoms with Gasteiger partial charge in [-0.15, -0.1) is 0 Å². The monoisotopic (exact) mass is 278 g/mol. The summed E-state index contributed by atoms with van der Waals surface area (Å²) in [6.07, 6.45) is 6.71. The van der Waals surface area contributed by atoms with Gasteiger partial charge < -0.3 is 9.84 Å². The number of hydrogen-bond donors (Lipinski definition) is 2. The number of H-pyrrole nitrogens is 1. The third-order valence-electron chi connectivity index (χ3n) is 4.29. The lowest BCUT2D eigenvalue weighted by atomic mass is 9.81. The van der Waals surface area contributed by atoms with Crippen molar-refractivity contribution in [1.29, 1.82) is 0 Å². The van der Waals surface area contributed by atoms with Gasteiger partial charge in [0, 0.05) is 17.7 Å². The lowest BCUT2D eigenvalue weighted by molar-refractivity contribution is -0.0389. The number of aromatic amines is 1. The van der Waals surface area contributed by atoms with E-state index in [1.807, 2.05) is 0 Å². The van der Waals surface area contributed by atoms with Crippen LogP contribution in [0, 0.1) is 18.8 Å². The smallest absolute Gasteiger partial charge is 0.330 e. The Balaban J connectivity index is 2.02. The summed E-state index contributed by atoms with van der Waals surface area (Å²) in [4.78, 5) is 25.7. The average Bonchev–Trinajstić information content (AvgIpc) is 2.82. The fourth-order valence-electron chi connectivity index (χ4n) is 3.22. The van der Waals surface area contributed by atoms with Crippen LogP contribution in [0.15, 0.2) is 27.9 Å². The van der Waals surface area contributed by atoms with Gasteiger partial charge in [0.1, 0.15) is 6.23 Å². The first-order valence-electron chi connectivity index (χ1n) is 6.85. The van der Waals surface area contributed by atoms with Gasteiger partial charge in [-0.3, -0.25) is 14.3 Å². The molecule has 0 bridgehead atoms. The van der Waals surface area contributed by atoms with E-state index in [1.165, 1.54) is 4.57 Å². The molecule has 2 N–H and O–H groups in total. The van der Waals surface area contributed by atoms with Crippen LogP contribution in [0.1, 0.15) is 24.6 Å². The van der Waals surface area contributed by atoms with E-state index in [0.717, 1.165) is 12.8 Å². The van der Waals surface area contributed by atoms with Crippen molar-refractivity contribution < 1.29 is 9.84 Å². The molecule has 1 aromatic rings. The fraction of sp³-hybridized carbons (Fsp3) is 0.571. The number of allylic oxidation sites excluding steroid dienone is 2. The van der Waals surface area contributed by atoms with Crippen molar-refractivity contribution in [1.82, 2.24) is 9.55 Å². The minimum absolute atomic E-state index is 0.0530. The molecule has 108 valence electrons. The number of rotatable bonds is 2. The Hall–Kier alpha value is -1.66. The Bertz CT molecular complexity index is 645. The third kappa shape index (κ3) is 2.05. The van der Waals surface area contributed by atoms with Crippen molar-refractivity contribution in [3.05, 3.63) is 44.8 Å². The second-order valence-corrected chi connectivity index (χ2v) is 5.50. The lowest BCUT2D eigenvalue weighted by Gasteiger charge is -2.25. The maximum atomic E-state index is 12.0. The highest BCUT2D eigenvalue weighted by Crippen LogP contribution is 2.44. The number of aromatic nitrogens is 2. The number of nitrogens with zero attached hydrogens (tertiary/aromatic N) is 1. The normalized spacial score (nSPS) is 32.3. The Morgan fingerprint density at radius 2 is 2.05 bits per heavy atom. The van der Waals surface area contributed by atoms with Crippen molar-refractivity contribution in [2.45, 2.75) is 32.1 Å². The molecule has 6 nitrogen and oxygen atoms in total. The van der Waals surface area contributed by atoms with Crippen LogP contribution in [0.25, 0.3) is 0 Å². The largest absolute Gasteiger partial charge is 0.394 e. The summed E-state index contributed by atoms with van der Waals surface area (Å²) in [7, 11) is 0. The summed E-state index contributed by atoms with van der Waals surface area (Å²) in [5, 5.41) is 9.44. The summed E-state index contributed by atoms with van der Waals surface area (Å²) in [6, 6.07) is 0. The summed E-state index contributed by atoms with van der Waals surface area (Å²) < 4.78 is 7.32. The Morgan fingerprint density at radius 3 is 2.75 bits per heavy atom. The van der Waals surface area contributed by atoms with Crippen molar-refractivity contribution in [3.63, 3.8) is 0 Å². The third-order valence-corrected chi connectivity index (χ3v) is 4.29. The molecule has 2 aliphatic rings. The van der Waals surface area contributed by atoms with E-state index < -0.39 is 11.9 Å². The molecule has 1 aliphatic carbocycles. The molecule has 0 radical (unpaired) electrons. The maximum Gasteiger partial charge on any atom is 0.330 e. The first-order chi connectivity index (χ1) is 9.61. The second kappa shape index (κ2) is 5.03. The fourth-order valence-corrected chi connectivity index (χ4v) is 3.22. The van der Waals surface area contributed by atoms with Crippen LogP contribution in [0.2, 0.25) is 0 Å². The first-order valence-corrected chi connectivity index (χ1v) is 6.85. The van der Waals surface area contributed by atoms with Crippen LogP contribution in [-0.4, -0.2) is 27.4 Å². The summed E-state index contributed by atoms with van der Waals surface area (Å²) >= 11 is 0. The molecule has 1 aliphatic heterocycles. The summed E-state index contributed by atoms with van der Waals surface area (Å²) in [6.45, 7) is 1.61. The Labute approximate surface area is 115 Å². The van der Waals surface area contributed by atoms with Gasteiger partial charge in [-0.05, 0) is 25.7 Å². The molecule has 6 heteroatoms. The molecule has 0 aromatic carbocycles. The highest BCUT2D eigenvalue weighted by atomic mass is 16.5. The van der Waals surface area contributed by atoms with Crippen LogP contribution in [0.4, 0.5) is 0 Å². The van der Waals surface area contributed by atoms with Gasteiger partial charge in [0.2, 0.25) is 0 Å². The van der Waals surface area contributed by atoms with Crippen molar-refractivity contribution in [2.75, 3.05) is 6.61 Å². The number of hydrogen-bond acceptors (Lipinski definition) is 4. The van der Waals surface area contributed by atoms with Crippen molar-refractivity contribution in [2.24, 2.45) is 11.8 Å². The highest BCUT2D eigenvalue weighted by molar-refractivity contribution is 5.06. The first kappa shape index (κ1) is 13.3. The molecule has 0 amide bonds. The van der Waals surface area contributed by atoms with Gasteiger partial charge in [0.05, 0.1) is 12.7 Å². The Kier molecular flexibility index (Phi) is 3.35. The minimum atomic E-state index is -0.461. The number of fused-ring (bicyclic) bond motifs is 1. The van der Waals surface area contributed by atoms with Crippen LogP contribution in [0.5, 0.6) is 0 Å². The highest BCUT2D eigenvalue weighted by Gasteiger charge is 2.45. The summed E-state index contributed by atoms with van der Waals surface area (Å²) in [5.74, 6) is 0.370. The molecule has 1 saturated heterocycles. The lowest BCUT2D eigenvalue weighted by Crippen LogP contribution is -2.35. The number of aryl methyl sites for hydroxylation is 1. The van der Waals surface area contributed by atoms with Crippen LogP contribution >= 0.6 is 0 Å². The molecule has 1 aromatic heterocycles. The van der Waals surface area contributed by atoms with E-state index in [0.29, 0.717) is 5.56 Å².